The standard InChI is InChI=1S/C9H14O2/c1-11-9-6-4-2-3-5-8(10)7-9/h3,5,9H,2,4,6-7H2,1H3/b5-3-. The van der Waals surface area contributed by atoms with Crippen LogP contribution in [0.2, 0.25) is 0 Å². The Balaban J connectivity index is 2.48. The Kier molecular flexibility index (Phi) is 3.30. The van der Waals surface area contributed by atoms with E-state index >= 15 is 0 Å². The zero-order valence-corrected chi connectivity index (χ0v) is 6.88. The van der Waals surface area contributed by atoms with Crippen molar-refractivity contribution in [3.63, 3.8) is 0 Å². The SMILES string of the molecule is COC1CCC/C=C\C(=O)C1. The summed E-state index contributed by atoms with van der Waals surface area (Å²) in [6.07, 6.45) is 7.46. The largest absolute Gasteiger partial charge is 0.381 e. The molecule has 0 heterocycles. The van der Waals surface area contributed by atoms with Gasteiger partial charge in [0.25, 0.3) is 0 Å². The van der Waals surface area contributed by atoms with E-state index in [1.54, 1.807) is 13.2 Å². The predicted molar refractivity (Wildman–Crippen MR) is 43.4 cm³/mol. The van der Waals surface area contributed by atoms with Crippen molar-refractivity contribution in [1.82, 2.24) is 0 Å². The Morgan fingerprint density at radius 1 is 1.64 bits per heavy atom. The molecule has 1 rings (SSSR count). The molecule has 0 saturated carbocycles. The van der Waals surface area contributed by atoms with Crippen molar-refractivity contribution in [2.24, 2.45) is 0 Å². The molecule has 0 aromatic heterocycles. The summed E-state index contributed by atoms with van der Waals surface area (Å²) < 4.78 is 5.14. The maximum atomic E-state index is 11.0. The van der Waals surface area contributed by atoms with Crippen molar-refractivity contribution in [2.45, 2.75) is 31.8 Å². The molecule has 0 spiro atoms. The molecular formula is C9H14O2. The maximum absolute atomic E-state index is 11.0. The van der Waals surface area contributed by atoms with E-state index in [9.17, 15) is 4.79 Å². The minimum absolute atomic E-state index is 0.146. The molecular weight excluding hydrogens is 140 g/mol. The van der Waals surface area contributed by atoms with Crippen molar-refractivity contribution in [1.29, 1.82) is 0 Å². The lowest BCUT2D eigenvalue weighted by Gasteiger charge is -2.14. The van der Waals surface area contributed by atoms with Gasteiger partial charge in [-0.15, -0.1) is 0 Å². The molecule has 0 amide bonds. The summed E-state index contributed by atoms with van der Waals surface area (Å²) in [6, 6.07) is 0. The van der Waals surface area contributed by atoms with Crippen LogP contribution >= 0.6 is 0 Å². The van der Waals surface area contributed by atoms with Gasteiger partial charge in [-0.1, -0.05) is 6.08 Å². The number of rotatable bonds is 1. The van der Waals surface area contributed by atoms with Crippen molar-refractivity contribution >= 4 is 5.78 Å². The molecule has 2 nitrogen and oxygen atoms in total. The molecule has 0 N–H and O–H groups in total. The molecule has 0 aromatic carbocycles. The summed E-state index contributed by atoms with van der Waals surface area (Å²) in [5.74, 6) is 0.191. The lowest BCUT2D eigenvalue weighted by atomic mass is 10.0. The Morgan fingerprint density at radius 3 is 3.18 bits per heavy atom. The van der Waals surface area contributed by atoms with Crippen LogP contribution in [0.5, 0.6) is 0 Å². The monoisotopic (exact) mass is 154 g/mol. The van der Waals surface area contributed by atoms with Crippen LogP contribution in [0, 0.1) is 0 Å². The molecule has 11 heavy (non-hydrogen) atoms. The fourth-order valence-corrected chi connectivity index (χ4v) is 1.27. The second kappa shape index (κ2) is 4.29. The number of hydrogen-bond acceptors (Lipinski definition) is 2. The topological polar surface area (TPSA) is 26.3 Å². The Morgan fingerprint density at radius 2 is 2.45 bits per heavy atom. The summed E-state index contributed by atoms with van der Waals surface area (Å²) in [6.45, 7) is 0. The van der Waals surface area contributed by atoms with Gasteiger partial charge in [0, 0.05) is 13.5 Å². The number of ether oxygens (including phenoxy) is 1. The molecule has 0 fully saturated rings. The van der Waals surface area contributed by atoms with E-state index in [4.69, 9.17) is 4.74 Å². The first kappa shape index (κ1) is 8.47. The van der Waals surface area contributed by atoms with Gasteiger partial charge in [-0.05, 0) is 25.3 Å². The lowest BCUT2D eigenvalue weighted by molar-refractivity contribution is -0.117. The van der Waals surface area contributed by atoms with Crippen molar-refractivity contribution in [3.8, 4) is 0 Å². The molecule has 0 radical (unpaired) electrons. The summed E-state index contributed by atoms with van der Waals surface area (Å²) in [4.78, 5) is 11.0. The van der Waals surface area contributed by atoms with Gasteiger partial charge in [-0.3, -0.25) is 4.79 Å². The average Bonchev–Trinajstić information content (AvgIpc) is 1.96. The maximum Gasteiger partial charge on any atom is 0.157 e. The van der Waals surface area contributed by atoms with E-state index in [-0.39, 0.29) is 11.9 Å². The molecule has 0 bridgehead atoms. The van der Waals surface area contributed by atoms with Crippen LogP contribution < -0.4 is 0 Å². The Bertz CT molecular complexity index is 161. The Hall–Kier alpha value is -0.630. The van der Waals surface area contributed by atoms with E-state index in [0.29, 0.717) is 6.42 Å². The summed E-state index contributed by atoms with van der Waals surface area (Å²) >= 11 is 0. The molecule has 2 heteroatoms. The lowest BCUT2D eigenvalue weighted by Crippen LogP contribution is -2.16. The third-order valence-electron chi connectivity index (χ3n) is 1.96. The number of carbonyl (C=O) groups is 1. The summed E-state index contributed by atoms with van der Waals surface area (Å²) in [5, 5.41) is 0. The number of methoxy groups -OCH3 is 1. The van der Waals surface area contributed by atoms with Gasteiger partial charge in [0.1, 0.15) is 0 Å². The van der Waals surface area contributed by atoms with Crippen molar-refractivity contribution < 1.29 is 9.53 Å². The fourth-order valence-electron chi connectivity index (χ4n) is 1.27. The first-order valence-electron chi connectivity index (χ1n) is 4.05. The molecule has 1 aliphatic carbocycles. The van der Waals surface area contributed by atoms with Gasteiger partial charge < -0.3 is 4.74 Å². The highest BCUT2D eigenvalue weighted by Crippen LogP contribution is 2.12. The molecule has 62 valence electrons. The van der Waals surface area contributed by atoms with Crippen LogP contribution in [0.4, 0.5) is 0 Å². The predicted octanol–water partition coefficient (Wildman–Crippen LogP) is 1.70. The van der Waals surface area contributed by atoms with Crippen LogP contribution in [0.3, 0.4) is 0 Å². The zero-order valence-electron chi connectivity index (χ0n) is 6.88. The van der Waals surface area contributed by atoms with E-state index in [1.165, 1.54) is 0 Å². The highest BCUT2D eigenvalue weighted by atomic mass is 16.5. The minimum Gasteiger partial charge on any atom is -0.381 e. The second-order valence-electron chi connectivity index (χ2n) is 2.86. The zero-order chi connectivity index (χ0) is 8.10. The van der Waals surface area contributed by atoms with E-state index in [2.05, 4.69) is 0 Å². The van der Waals surface area contributed by atoms with Crippen LogP contribution in [0.1, 0.15) is 25.7 Å². The van der Waals surface area contributed by atoms with Gasteiger partial charge in [-0.2, -0.15) is 0 Å². The Labute approximate surface area is 67.2 Å². The van der Waals surface area contributed by atoms with Crippen LogP contribution in [0.15, 0.2) is 12.2 Å². The second-order valence-corrected chi connectivity index (χ2v) is 2.86. The molecule has 1 unspecified atom stereocenters. The highest BCUT2D eigenvalue weighted by Gasteiger charge is 2.12. The first-order chi connectivity index (χ1) is 5.33. The highest BCUT2D eigenvalue weighted by molar-refractivity contribution is 5.90. The van der Waals surface area contributed by atoms with Crippen molar-refractivity contribution in [2.75, 3.05) is 7.11 Å². The molecule has 0 saturated heterocycles. The van der Waals surface area contributed by atoms with Crippen LogP contribution in [-0.4, -0.2) is 19.0 Å². The quantitative estimate of drug-likeness (QED) is 0.574. The van der Waals surface area contributed by atoms with E-state index < -0.39 is 0 Å². The normalized spacial score (nSPS) is 29.2. The van der Waals surface area contributed by atoms with Gasteiger partial charge in [0.2, 0.25) is 0 Å². The van der Waals surface area contributed by atoms with Crippen LogP contribution in [-0.2, 0) is 9.53 Å². The summed E-state index contributed by atoms with van der Waals surface area (Å²) in [5.41, 5.74) is 0. The smallest absolute Gasteiger partial charge is 0.157 e. The van der Waals surface area contributed by atoms with E-state index in [0.717, 1.165) is 19.3 Å². The first-order valence-corrected chi connectivity index (χ1v) is 4.05. The molecule has 1 atom stereocenters. The molecule has 0 aromatic rings. The molecule has 0 aliphatic heterocycles. The molecule has 1 aliphatic rings. The third kappa shape index (κ3) is 2.85. The third-order valence-corrected chi connectivity index (χ3v) is 1.96. The minimum atomic E-state index is 0.146. The number of hydrogen-bond donors (Lipinski definition) is 0. The number of allylic oxidation sites excluding steroid dienone is 2. The van der Waals surface area contributed by atoms with Gasteiger partial charge in [-0.25, -0.2) is 0 Å². The van der Waals surface area contributed by atoms with Gasteiger partial charge >= 0.3 is 0 Å². The number of ketones is 1. The van der Waals surface area contributed by atoms with Gasteiger partial charge in [0.05, 0.1) is 6.10 Å². The van der Waals surface area contributed by atoms with Gasteiger partial charge in [0.15, 0.2) is 5.78 Å². The van der Waals surface area contributed by atoms with Crippen LogP contribution in [0.25, 0.3) is 0 Å². The average molecular weight is 154 g/mol. The summed E-state index contributed by atoms with van der Waals surface area (Å²) in [7, 11) is 1.67. The fraction of sp³-hybridized carbons (Fsp3) is 0.667. The van der Waals surface area contributed by atoms with Crippen molar-refractivity contribution in [3.05, 3.63) is 12.2 Å². The van der Waals surface area contributed by atoms with E-state index in [1.807, 2.05) is 6.08 Å². The number of carbonyl (C=O) groups excluding carboxylic acids is 1.